The molecule has 0 amide bonds. The largest absolute Gasteiger partial charge is 0.390 e. The predicted molar refractivity (Wildman–Crippen MR) is 65.7 cm³/mol. The van der Waals surface area contributed by atoms with E-state index in [1.807, 2.05) is 24.1 Å². The SMILES string of the molecule is Cn1cc(CCC2(O)CC3CCC(C2)N3)cn1. The van der Waals surface area contributed by atoms with E-state index in [1.54, 1.807) is 0 Å². The lowest BCUT2D eigenvalue weighted by atomic mass is 9.83. The van der Waals surface area contributed by atoms with E-state index in [-0.39, 0.29) is 0 Å². The van der Waals surface area contributed by atoms with Crippen molar-refractivity contribution in [2.24, 2.45) is 7.05 Å². The van der Waals surface area contributed by atoms with Gasteiger partial charge >= 0.3 is 0 Å². The molecule has 0 aliphatic carbocycles. The first-order valence-corrected chi connectivity index (χ1v) is 6.59. The van der Waals surface area contributed by atoms with Crippen LogP contribution in [0.1, 0.15) is 37.7 Å². The van der Waals surface area contributed by atoms with Crippen molar-refractivity contribution in [3.8, 4) is 0 Å². The number of piperidine rings is 1. The van der Waals surface area contributed by atoms with Crippen LogP contribution in [0, 0.1) is 0 Å². The number of aliphatic hydroxyl groups is 1. The van der Waals surface area contributed by atoms with Crippen molar-refractivity contribution in [2.75, 3.05) is 0 Å². The Labute approximate surface area is 102 Å². The number of fused-ring (bicyclic) bond motifs is 2. The Balaban J connectivity index is 1.60. The first-order chi connectivity index (χ1) is 8.13. The third-order valence-electron chi connectivity index (χ3n) is 4.23. The van der Waals surface area contributed by atoms with E-state index in [4.69, 9.17) is 0 Å². The molecule has 2 saturated heterocycles. The van der Waals surface area contributed by atoms with Crippen LogP contribution in [-0.4, -0.2) is 32.6 Å². The molecule has 94 valence electrons. The lowest BCUT2D eigenvalue weighted by molar-refractivity contribution is -0.0136. The van der Waals surface area contributed by atoms with Gasteiger partial charge in [0, 0.05) is 25.3 Å². The molecular formula is C13H21N3O. The molecule has 2 N–H and O–H groups in total. The maximum absolute atomic E-state index is 10.7. The highest BCUT2D eigenvalue weighted by molar-refractivity contribution is 5.07. The Morgan fingerprint density at radius 2 is 2.18 bits per heavy atom. The van der Waals surface area contributed by atoms with Gasteiger partial charge in [-0.3, -0.25) is 4.68 Å². The molecule has 0 saturated carbocycles. The number of aryl methyl sites for hydroxylation is 2. The van der Waals surface area contributed by atoms with E-state index in [0.29, 0.717) is 12.1 Å². The van der Waals surface area contributed by atoms with Gasteiger partial charge in [0.05, 0.1) is 11.8 Å². The van der Waals surface area contributed by atoms with Crippen molar-refractivity contribution in [3.05, 3.63) is 18.0 Å². The van der Waals surface area contributed by atoms with Gasteiger partial charge in [-0.2, -0.15) is 5.10 Å². The smallest absolute Gasteiger partial charge is 0.0680 e. The Kier molecular flexibility index (Phi) is 2.71. The summed E-state index contributed by atoms with van der Waals surface area (Å²) in [6, 6.07) is 1.10. The number of nitrogens with zero attached hydrogens (tertiary/aromatic N) is 2. The van der Waals surface area contributed by atoms with Crippen LogP contribution in [0.15, 0.2) is 12.4 Å². The van der Waals surface area contributed by atoms with Gasteiger partial charge in [0.1, 0.15) is 0 Å². The van der Waals surface area contributed by atoms with Crippen LogP contribution in [0.3, 0.4) is 0 Å². The van der Waals surface area contributed by atoms with Crippen LogP contribution >= 0.6 is 0 Å². The molecule has 0 radical (unpaired) electrons. The summed E-state index contributed by atoms with van der Waals surface area (Å²) in [6.07, 6.45) is 10.1. The maximum Gasteiger partial charge on any atom is 0.0680 e. The fourth-order valence-electron chi connectivity index (χ4n) is 3.41. The van der Waals surface area contributed by atoms with E-state index in [0.717, 1.165) is 25.7 Å². The topological polar surface area (TPSA) is 50.1 Å². The van der Waals surface area contributed by atoms with E-state index < -0.39 is 5.60 Å². The summed E-state index contributed by atoms with van der Waals surface area (Å²) < 4.78 is 1.82. The van der Waals surface area contributed by atoms with E-state index in [9.17, 15) is 5.11 Å². The second-order valence-electron chi connectivity index (χ2n) is 5.79. The molecule has 2 aliphatic heterocycles. The molecule has 17 heavy (non-hydrogen) atoms. The monoisotopic (exact) mass is 235 g/mol. The Morgan fingerprint density at radius 3 is 2.76 bits per heavy atom. The minimum absolute atomic E-state index is 0.451. The molecule has 1 aromatic rings. The highest BCUT2D eigenvalue weighted by Crippen LogP contribution is 2.36. The fourth-order valence-corrected chi connectivity index (χ4v) is 3.41. The minimum atomic E-state index is -0.451. The van der Waals surface area contributed by atoms with Crippen molar-refractivity contribution >= 4 is 0 Å². The zero-order valence-electron chi connectivity index (χ0n) is 10.4. The van der Waals surface area contributed by atoms with Gasteiger partial charge in [0.25, 0.3) is 0 Å². The summed E-state index contributed by atoms with van der Waals surface area (Å²) in [4.78, 5) is 0. The standard InChI is InChI=1S/C13H21N3O/c1-16-9-10(8-14-16)4-5-13(17)6-11-2-3-12(7-13)15-11/h8-9,11-12,15,17H,2-7H2,1H3. The lowest BCUT2D eigenvalue weighted by Gasteiger charge is -2.37. The van der Waals surface area contributed by atoms with Crippen molar-refractivity contribution in [1.29, 1.82) is 0 Å². The molecule has 2 unspecified atom stereocenters. The quantitative estimate of drug-likeness (QED) is 0.821. The Hall–Kier alpha value is -0.870. The van der Waals surface area contributed by atoms with Crippen LogP contribution in [0.5, 0.6) is 0 Å². The van der Waals surface area contributed by atoms with Crippen LogP contribution < -0.4 is 5.32 Å². The van der Waals surface area contributed by atoms with Gasteiger partial charge in [-0.05, 0) is 44.1 Å². The van der Waals surface area contributed by atoms with Crippen LogP contribution in [-0.2, 0) is 13.5 Å². The van der Waals surface area contributed by atoms with E-state index >= 15 is 0 Å². The van der Waals surface area contributed by atoms with Crippen LogP contribution in [0.25, 0.3) is 0 Å². The third-order valence-corrected chi connectivity index (χ3v) is 4.23. The van der Waals surface area contributed by atoms with Crippen LogP contribution in [0.4, 0.5) is 0 Å². The average Bonchev–Trinajstić information content (AvgIpc) is 2.83. The first-order valence-electron chi connectivity index (χ1n) is 6.59. The first kappa shape index (κ1) is 11.2. The third kappa shape index (κ3) is 2.38. The Bertz CT molecular complexity index is 389. The molecule has 0 spiro atoms. The molecule has 0 aromatic carbocycles. The number of aromatic nitrogens is 2. The van der Waals surface area contributed by atoms with Gasteiger partial charge in [0.2, 0.25) is 0 Å². The highest BCUT2D eigenvalue weighted by Gasteiger charge is 2.41. The van der Waals surface area contributed by atoms with E-state index in [2.05, 4.69) is 10.4 Å². The van der Waals surface area contributed by atoms with Crippen LogP contribution in [0.2, 0.25) is 0 Å². The average molecular weight is 235 g/mol. The molecule has 3 rings (SSSR count). The number of hydrogen-bond donors (Lipinski definition) is 2. The summed E-state index contributed by atoms with van der Waals surface area (Å²) >= 11 is 0. The van der Waals surface area contributed by atoms with Gasteiger partial charge in [-0.25, -0.2) is 0 Å². The number of hydrogen-bond acceptors (Lipinski definition) is 3. The molecular weight excluding hydrogens is 214 g/mol. The number of rotatable bonds is 3. The molecule has 2 fully saturated rings. The molecule has 4 nitrogen and oxygen atoms in total. The molecule has 1 aromatic heterocycles. The predicted octanol–water partition coefficient (Wildman–Crippen LogP) is 0.998. The second kappa shape index (κ2) is 4.10. The molecule has 2 atom stereocenters. The molecule has 2 aliphatic rings. The van der Waals surface area contributed by atoms with Gasteiger partial charge in [-0.15, -0.1) is 0 Å². The molecule has 4 heteroatoms. The molecule has 2 bridgehead atoms. The fraction of sp³-hybridized carbons (Fsp3) is 0.769. The summed E-state index contributed by atoms with van der Waals surface area (Å²) in [5.41, 5.74) is 0.777. The normalized spacial score (nSPS) is 36.4. The van der Waals surface area contributed by atoms with Crippen molar-refractivity contribution < 1.29 is 5.11 Å². The maximum atomic E-state index is 10.7. The number of nitrogens with one attached hydrogen (secondary N) is 1. The zero-order valence-corrected chi connectivity index (χ0v) is 10.4. The van der Waals surface area contributed by atoms with Gasteiger partial charge < -0.3 is 10.4 Å². The molecule has 3 heterocycles. The van der Waals surface area contributed by atoms with E-state index in [1.165, 1.54) is 18.4 Å². The van der Waals surface area contributed by atoms with Crippen molar-refractivity contribution in [1.82, 2.24) is 15.1 Å². The van der Waals surface area contributed by atoms with Gasteiger partial charge in [0.15, 0.2) is 0 Å². The Morgan fingerprint density at radius 1 is 1.47 bits per heavy atom. The lowest BCUT2D eigenvalue weighted by Crippen LogP contribution is -2.48. The van der Waals surface area contributed by atoms with Gasteiger partial charge in [-0.1, -0.05) is 0 Å². The van der Waals surface area contributed by atoms with Crippen molar-refractivity contribution in [2.45, 2.75) is 56.2 Å². The summed E-state index contributed by atoms with van der Waals surface area (Å²) in [7, 11) is 1.93. The minimum Gasteiger partial charge on any atom is -0.390 e. The second-order valence-corrected chi connectivity index (χ2v) is 5.79. The summed E-state index contributed by atoms with van der Waals surface area (Å²) in [6.45, 7) is 0. The summed E-state index contributed by atoms with van der Waals surface area (Å²) in [5.74, 6) is 0. The highest BCUT2D eigenvalue weighted by atomic mass is 16.3. The summed E-state index contributed by atoms with van der Waals surface area (Å²) in [5, 5.41) is 18.4. The zero-order chi connectivity index (χ0) is 11.9. The van der Waals surface area contributed by atoms with Crippen molar-refractivity contribution in [3.63, 3.8) is 0 Å².